The zero-order valence-corrected chi connectivity index (χ0v) is 24.9. The summed E-state index contributed by atoms with van der Waals surface area (Å²) in [5.41, 5.74) is 14.5. The summed E-state index contributed by atoms with van der Waals surface area (Å²) in [6.45, 7) is 33.2. The van der Waals surface area contributed by atoms with E-state index in [9.17, 15) is 0 Å². The Kier molecular flexibility index (Phi) is 12.1. The van der Waals surface area contributed by atoms with Crippen LogP contribution >= 0.6 is 0 Å². The molecule has 172 valence electrons. The van der Waals surface area contributed by atoms with Crippen LogP contribution in [0.3, 0.4) is 0 Å². The second-order valence-corrected chi connectivity index (χ2v) is 22.1. The minimum Gasteiger partial charge on any atom is -0.125 e. The average Bonchev–Trinajstić information content (AvgIpc) is 2.61. The molecule has 0 fully saturated rings. The van der Waals surface area contributed by atoms with Gasteiger partial charge in [-0.25, -0.2) is 0 Å². The SMILES string of the molecule is CC/C(C#C[Si](C(C)C)(C(C)C)C(C)C)=C(/C#C[Si](C(C)C)(C(C)C)C(C)C)CC. The van der Waals surface area contributed by atoms with E-state index < -0.39 is 16.1 Å². The van der Waals surface area contributed by atoms with Crippen LogP contribution in [0.25, 0.3) is 0 Å². The van der Waals surface area contributed by atoms with Crippen LogP contribution in [0, 0.1) is 22.9 Å². The molecule has 0 N–H and O–H groups in total. The summed E-state index contributed by atoms with van der Waals surface area (Å²) >= 11 is 0. The van der Waals surface area contributed by atoms with Crippen LogP contribution < -0.4 is 0 Å². The molecule has 0 atom stereocenters. The molecule has 0 saturated heterocycles. The highest BCUT2D eigenvalue weighted by atomic mass is 28.3. The quantitative estimate of drug-likeness (QED) is 0.258. The molecule has 0 heterocycles. The minimum absolute atomic E-state index is 0.669. The molecule has 0 unspecified atom stereocenters. The summed E-state index contributed by atoms with van der Waals surface area (Å²) in [5.74, 6) is 7.47. The standard InChI is InChI=1S/C28H52Si2/c1-15-27(17-19-29(21(3)4,22(5)6)23(7)8)28(16-2)18-20-30(24(9)10,25(11)12)26(13)14/h21-26H,15-16H2,1-14H3/b28-27-. The van der Waals surface area contributed by atoms with Crippen molar-refractivity contribution >= 4 is 16.1 Å². The van der Waals surface area contributed by atoms with Crippen LogP contribution in [-0.2, 0) is 0 Å². The molecule has 0 nitrogen and oxygen atoms in total. The molecule has 0 aliphatic heterocycles. The van der Waals surface area contributed by atoms with Gasteiger partial charge in [-0.15, -0.1) is 11.1 Å². The van der Waals surface area contributed by atoms with Gasteiger partial charge >= 0.3 is 0 Å². The third kappa shape index (κ3) is 6.17. The fraction of sp³-hybridized carbons (Fsp3) is 0.786. The Hall–Kier alpha value is -0.706. The van der Waals surface area contributed by atoms with Crippen LogP contribution in [0.2, 0.25) is 33.2 Å². The Balaban J connectivity index is 6.68. The largest absolute Gasteiger partial charge is 0.146 e. The molecule has 0 radical (unpaired) electrons. The lowest BCUT2D eigenvalue weighted by Crippen LogP contribution is -2.43. The van der Waals surface area contributed by atoms with Crippen molar-refractivity contribution in [1.82, 2.24) is 0 Å². The molecule has 0 aromatic heterocycles. The van der Waals surface area contributed by atoms with Crippen LogP contribution in [-0.4, -0.2) is 16.1 Å². The van der Waals surface area contributed by atoms with Gasteiger partial charge in [0.2, 0.25) is 0 Å². The Morgan fingerprint density at radius 1 is 0.467 bits per heavy atom. The predicted molar refractivity (Wildman–Crippen MR) is 145 cm³/mol. The summed E-state index contributed by atoms with van der Waals surface area (Å²) in [6.07, 6.45) is 1.98. The highest BCUT2D eigenvalue weighted by Crippen LogP contribution is 2.42. The van der Waals surface area contributed by atoms with Crippen molar-refractivity contribution in [2.24, 2.45) is 0 Å². The lowest BCUT2D eigenvalue weighted by atomic mass is 10.1. The average molecular weight is 445 g/mol. The predicted octanol–water partition coefficient (Wildman–Crippen LogP) is 9.55. The Morgan fingerprint density at radius 3 is 0.800 bits per heavy atom. The van der Waals surface area contributed by atoms with Crippen molar-refractivity contribution in [1.29, 1.82) is 0 Å². The van der Waals surface area contributed by atoms with Crippen LogP contribution in [0.15, 0.2) is 11.1 Å². The van der Waals surface area contributed by atoms with Crippen LogP contribution in [0.5, 0.6) is 0 Å². The lowest BCUT2D eigenvalue weighted by Gasteiger charge is -2.38. The van der Waals surface area contributed by atoms with Crippen molar-refractivity contribution in [3.05, 3.63) is 11.1 Å². The van der Waals surface area contributed by atoms with E-state index in [-0.39, 0.29) is 0 Å². The molecule has 0 spiro atoms. The van der Waals surface area contributed by atoms with E-state index in [4.69, 9.17) is 0 Å². The van der Waals surface area contributed by atoms with Gasteiger partial charge in [0.15, 0.2) is 0 Å². The van der Waals surface area contributed by atoms with E-state index in [1.54, 1.807) is 0 Å². The molecule has 0 aromatic carbocycles. The number of hydrogen-bond acceptors (Lipinski definition) is 0. The molecule has 30 heavy (non-hydrogen) atoms. The summed E-state index contributed by atoms with van der Waals surface area (Å²) in [7, 11) is -3.43. The molecule has 0 amide bonds. The summed E-state index contributed by atoms with van der Waals surface area (Å²) in [6, 6.07) is 0. The molecule has 0 aliphatic rings. The third-order valence-corrected chi connectivity index (χ3v) is 20.2. The van der Waals surface area contributed by atoms with Gasteiger partial charge in [0.05, 0.1) is 0 Å². The summed E-state index contributed by atoms with van der Waals surface area (Å²) in [5, 5.41) is 0. The minimum atomic E-state index is -1.71. The van der Waals surface area contributed by atoms with Gasteiger partial charge in [-0.05, 0) is 46.1 Å². The van der Waals surface area contributed by atoms with Gasteiger partial charge in [0.1, 0.15) is 16.1 Å². The van der Waals surface area contributed by atoms with Gasteiger partial charge < -0.3 is 0 Å². The Bertz CT molecular complexity index is 578. The number of hydrogen-bond donors (Lipinski definition) is 0. The molecule has 0 aromatic rings. The van der Waals surface area contributed by atoms with Crippen molar-refractivity contribution in [3.63, 3.8) is 0 Å². The van der Waals surface area contributed by atoms with Gasteiger partial charge in [0.25, 0.3) is 0 Å². The normalized spacial score (nSPS) is 13.7. The molecular weight excluding hydrogens is 392 g/mol. The van der Waals surface area contributed by atoms with Crippen LogP contribution in [0.1, 0.15) is 110 Å². The van der Waals surface area contributed by atoms with E-state index >= 15 is 0 Å². The maximum Gasteiger partial charge on any atom is 0.146 e. The highest BCUT2D eigenvalue weighted by molar-refractivity contribution is 6.91. The van der Waals surface area contributed by atoms with Crippen molar-refractivity contribution in [2.75, 3.05) is 0 Å². The van der Waals surface area contributed by atoms with Gasteiger partial charge in [-0.2, -0.15) is 0 Å². The number of allylic oxidation sites excluding steroid dienone is 2. The maximum atomic E-state index is 3.94. The zero-order valence-electron chi connectivity index (χ0n) is 22.9. The maximum absolute atomic E-state index is 3.94. The molecule has 0 bridgehead atoms. The van der Waals surface area contributed by atoms with Gasteiger partial charge in [-0.1, -0.05) is 109 Å². The first-order valence-corrected chi connectivity index (χ1v) is 17.0. The fourth-order valence-electron chi connectivity index (χ4n) is 5.99. The second-order valence-electron chi connectivity index (χ2n) is 11.0. The van der Waals surface area contributed by atoms with Crippen molar-refractivity contribution < 1.29 is 0 Å². The summed E-state index contributed by atoms with van der Waals surface area (Å²) < 4.78 is 0. The monoisotopic (exact) mass is 444 g/mol. The first kappa shape index (κ1) is 29.3. The molecule has 0 saturated carbocycles. The van der Waals surface area contributed by atoms with Crippen LogP contribution in [0.4, 0.5) is 0 Å². The molecule has 2 heteroatoms. The van der Waals surface area contributed by atoms with Gasteiger partial charge in [-0.3, -0.25) is 0 Å². The Labute approximate surface area is 193 Å². The fourth-order valence-corrected chi connectivity index (χ4v) is 16.5. The van der Waals surface area contributed by atoms with E-state index in [0.717, 1.165) is 12.8 Å². The van der Waals surface area contributed by atoms with Crippen molar-refractivity contribution in [3.8, 4) is 22.9 Å². The molecular formula is C28H52Si2. The molecule has 0 aliphatic carbocycles. The van der Waals surface area contributed by atoms with Crippen molar-refractivity contribution in [2.45, 2.75) is 143 Å². The summed E-state index contributed by atoms with van der Waals surface area (Å²) in [4.78, 5) is 0. The topological polar surface area (TPSA) is 0 Å². The highest BCUT2D eigenvalue weighted by Gasteiger charge is 2.42. The van der Waals surface area contributed by atoms with Gasteiger partial charge in [0, 0.05) is 11.1 Å². The van der Waals surface area contributed by atoms with E-state index in [1.807, 2.05) is 0 Å². The van der Waals surface area contributed by atoms with E-state index in [1.165, 1.54) is 11.1 Å². The van der Waals surface area contributed by atoms with E-state index in [0.29, 0.717) is 33.2 Å². The lowest BCUT2D eigenvalue weighted by molar-refractivity contribution is 0.838. The third-order valence-electron chi connectivity index (χ3n) is 7.66. The second kappa shape index (κ2) is 12.4. The molecule has 0 rings (SSSR count). The smallest absolute Gasteiger partial charge is 0.125 e. The van der Waals surface area contributed by atoms with E-state index in [2.05, 4.69) is 120 Å². The first-order chi connectivity index (χ1) is 13.7. The Morgan fingerprint density at radius 2 is 0.667 bits per heavy atom. The zero-order chi connectivity index (χ0) is 23.9. The first-order valence-electron chi connectivity index (χ1n) is 12.5. The number of rotatable bonds is 8.